The number of carboxylic acids is 1. The summed E-state index contributed by atoms with van der Waals surface area (Å²) in [5.41, 5.74) is 5.46. The Balaban J connectivity index is 4.01. The summed E-state index contributed by atoms with van der Waals surface area (Å²) in [6.45, 7) is 2.09. The molecule has 0 aromatic heterocycles. The first kappa shape index (κ1) is 12.4. The summed E-state index contributed by atoms with van der Waals surface area (Å²) in [7, 11) is 3.91. The van der Waals surface area contributed by atoms with Crippen LogP contribution in [0.1, 0.15) is 26.2 Å². The second kappa shape index (κ2) is 5.94. The fourth-order valence-electron chi connectivity index (χ4n) is 1.31. The van der Waals surface area contributed by atoms with E-state index in [1.165, 1.54) is 0 Å². The van der Waals surface area contributed by atoms with Crippen LogP contribution in [-0.2, 0) is 4.79 Å². The van der Waals surface area contributed by atoms with Gasteiger partial charge < -0.3 is 15.7 Å². The second-order valence-corrected chi connectivity index (χ2v) is 3.59. The van der Waals surface area contributed by atoms with Gasteiger partial charge in [-0.15, -0.1) is 0 Å². The largest absolute Gasteiger partial charge is 0.480 e. The third kappa shape index (κ3) is 4.85. The Kier molecular flexibility index (Phi) is 5.66. The summed E-state index contributed by atoms with van der Waals surface area (Å²) in [6.07, 6.45) is 2.57. The van der Waals surface area contributed by atoms with Crippen molar-refractivity contribution in [1.29, 1.82) is 0 Å². The zero-order valence-corrected chi connectivity index (χ0v) is 8.66. The van der Waals surface area contributed by atoms with E-state index >= 15 is 0 Å². The summed E-state index contributed by atoms with van der Waals surface area (Å²) >= 11 is 0. The molecule has 4 nitrogen and oxygen atoms in total. The van der Waals surface area contributed by atoms with Gasteiger partial charge in [0.2, 0.25) is 0 Å². The lowest BCUT2D eigenvalue weighted by molar-refractivity contribution is -0.139. The van der Waals surface area contributed by atoms with E-state index < -0.39 is 12.0 Å². The fraction of sp³-hybridized carbons (Fsp3) is 0.889. The van der Waals surface area contributed by atoms with Gasteiger partial charge in [0.05, 0.1) is 0 Å². The fourth-order valence-corrected chi connectivity index (χ4v) is 1.31. The van der Waals surface area contributed by atoms with Crippen molar-refractivity contribution in [3.63, 3.8) is 0 Å². The number of carbonyl (C=O) groups is 1. The second-order valence-electron chi connectivity index (χ2n) is 3.59. The zero-order valence-electron chi connectivity index (χ0n) is 8.66. The first-order valence-electron chi connectivity index (χ1n) is 4.63. The molecule has 3 N–H and O–H groups in total. The summed E-state index contributed by atoms with van der Waals surface area (Å²) in [5, 5.41) is 8.64. The minimum Gasteiger partial charge on any atom is -0.480 e. The number of hydrogen-bond donors (Lipinski definition) is 2. The molecule has 4 heteroatoms. The highest BCUT2D eigenvalue weighted by atomic mass is 16.4. The van der Waals surface area contributed by atoms with Crippen molar-refractivity contribution in [3.05, 3.63) is 0 Å². The molecule has 0 fully saturated rings. The molecular weight excluding hydrogens is 168 g/mol. The van der Waals surface area contributed by atoms with Crippen molar-refractivity contribution in [2.45, 2.75) is 38.3 Å². The first-order valence-corrected chi connectivity index (χ1v) is 4.63. The number of nitrogens with two attached hydrogens (primary N) is 1. The van der Waals surface area contributed by atoms with Gasteiger partial charge in [-0.1, -0.05) is 13.3 Å². The normalized spacial score (nSPS) is 15.8. The summed E-state index contributed by atoms with van der Waals surface area (Å²) in [5.74, 6) is -0.914. The number of rotatable bonds is 6. The summed E-state index contributed by atoms with van der Waals surface area (Å²) < 4.78 is 0. The SMILES string of the molecule is CCCC(CC(N)C(=O)O)N(C)C. The molecule has 13 heavy (non-hydrogen) atoms. The van der Waals surface area contributed by atoms with Crippen molar-refractivity contribution >= 4 is 5.97 Å². The lowest BCUT2D eigenvalue weighted by Crippen LogP contribution is -2.39. The molecule has 0 amide bonds. The van der Waals surface area contributed by atoms with E-state index in [-0.39, 0.29) is 6.04 Å². The van der Waals surface area contributed by atoms with Crippen molar-refractivity contribution in [2.24, 2.45) is 5.73 Å². The van der Waals surface area contributed by atoms with E-state index in [1.54, 1.807) is 0 Å². The lowest BCUT2D eigenvalue weighted by atomic mass is 10.0. The lowest BCUT2D eigenvalue weighted by Gasteiger charge is -2.25. The van der Waals surface area contributed by atoms with Crippen molar-refractivity contribution in [2.75, 3.05) is 14.1 Å². The van der Waals surface area contributed by atoms with E-state index in [0.29, 0.717) is 6.42 Å². The zero-order chi connectivity index (χ0) is 10.4. The molecule has 0 aromatic carbocycles. The molecule has 0 bridgehead atoms. The molecule has 2 unspecified atom stereocenters. The average molecular weight is 188 g/mol. The molecule has 0 saturated carbocycles. The van der Waals surface area contributed by atoms with E-state index in [4.69, 9.17) is 10.8 Å². The maximum absolute atomic E-state index is 10.5. The Morgan fingerprint density at radius 3 is 2.38 bits per heavy atom. The maximum Gasteiger partial charge on any atom is 0.320 e. The van der Waals surface area contributed by atoms with Gasteiger partial charge in [0.15, 0.2) is 0 Å². The molecule has 2 atom stereocenters. The molecular formula is C9H20N2O2. The van der Waals surface area contributed by atoms with Crippen LogP contribution < -0.4 is 5.73 Å². The smallest absolute Gasteiger partial charge is 0.320 e. The van der Waals surface area contributed by atoms with Crippen LogP contribution >= 0.6 is 0 Å². The molecule has 0 aliphatic rings. The first-order chi connectivity index (χ1) is 5.99. The Morgan fingerprint density at radius 1 is 1.54 bits per heavy atom. The number of nitrogens with zero attached hydrogens (tertiary/aromatic N) is 1. The van der Waals surface area contributed by atoms with E-state index in [1.807, 2.05) is 19.0 Å². The van der Waals surface area contributed by atoms with Gasteiger partial charge in [-0.3, -0.25) is 4.79 Å². The van der Waals surface area contributed by atoms with E-state index in [9.17, 15) is 4.79 Å². The van der Waals surface area contributed by atoms with E-state index in [2.05, 4.69) is 6.92 Å². The molecule has 0 radical (unpaired) electrons. The van der Waals surface area contributed by atoms with Crippen LogP contribution in [0, 0.1) is 0 Å². The number of hydrogen-bond acceptors (Lipinski definition) is 3. The molecule has 0 rings (SSSR count). The van der Waals surface area contributed by atoms with Crippen LogP contribution in [0.4, 0.5) is 0 Å². The highest BCUT2D eigenvalue weighted by molar-refractivity contribution is 5.73. The molecule has 0 spiro atoms. The molecule has 0 aliphatic heterocycles. The van der Waals surface area contributed by atoms with Crippen molar-refractivity contribution < 1.29 is 9.90 Å². The van der Waals surface area contributed by atoms with E-state index in [0.717, 1.165) is 12.8 Å². The predicted molar refractivity (Wildman–Crippen MR) is 52.6 cm³/mol. The minimum atomic E-state index is -0.914. The van der Waals surface area contributed by atoms with Crippen LogP contribution in [0.2, 0.25) is 0 Å². The van der Waals surface area contributed by atoms with Gasteiger partial charge in [0, 0.05) is 6.04 Å². The molecule has 0 saturated heterocycles. The number of aliphatic carboxylic acids is 1. The Morgan fingerprint density at radius 2 is 2.08 bits per heavy atom. The van der Waals surface area contributed by atoms with Gasteiger partial charge in [-0.2, -0.15) is 0 Å². The van der Waals surface area contributed by atoms with Gasteiger partial charge in [0.1, 0.15) is 6.04 Å². The third-order valence-corrected chi connectivity index (χ3v) is 2.20. The molecule has 0 aromatic rings. The molecule has 0 aliphatic carbocycles. The molecule has 0 heterocycles. The Labute approximate surface area is 79.7 Å². The van der Waals surface area contributed by atoms with Crippen LogP contribution in [0.5, 0.6) is 0 Å². The quantitative estimate of drug-likeness (QED) is 0.637. The summed E-state index contributed by atoms with van der Waals surface area (Å²) in [4.78, 5) is 12.6. The minimum absolute atomic E-state index is 0.274. The topological polar surface area (TPSA) is 66.6 Å². The summed E-state index contributed by atoms with van der Waals surface area (Å²) in [6, 6.07) is -0.463. The Hall–Kier alpha value is -0.610. The van der Waals surface area contributed by atoms with Crippen LogP contribution in [-0.4, -0.2) is 42.2 Å². The highest BCUT2D eigenvalue weighted by Gasteiger charge is 2.19. The van der Waals surface area contributed by atoms with Crippen molar-refractivity contribution in [3.8, 4) is 0 Å². The third-order valence-electron chi connectivity index (χ3n) is 2.20. The van der Waals surface area contributed by atoms with Gasteiger partial charge in [-0.05, 0) is 26.9 Å². The Bertz CT molecular complexity index is 160. The van der Waals surface area contributed by atoms with Crippen molar-refractivity contribution in [1.82, 2.24) is 4.90 Å². The number of carboxylic acid groups (broad SMARTS) is 1. The average Bonchev–Trinajstić information content (AvgIpc) is 2.03. The highest BCUT2D eigenvalue weighted by Crippen LogP contribution is 2.09. The maximum atomic E-state index is 10.5. The standard InChI is InChI=1S/C9H20N2O2/c1-4-5-7(11(2)3)6-8(10)9(12)13/h7-8H,4-6,10H2,1-3H3,(H,12,13). The monoisotopic (exact) mass is 188 g/mol. The van der Waals surface area contributed by atoms with Crippen LogP contribution in [0.25, 0.3) is 0 Å². The predicted octanol–water partition coefficient (Wildman–Crippen LogP) is 0.519. The van der Waals surface area contributed by atoms with Crippen LogP contribution in [0.15, 0.2) is 0 Å². The molecule has 78 valence electrons. The van der Waals surface area contributed by atoms with Crippen LogP contribution in [0.3, 0.4) is 0 Å². The van der Waals surface area contributed by atoms with Gasteiger partial charge >= 0.3 is 5.97 Å². The van der Waals surface area contributed by atoms with Gasteiger partial charge in [-0.25, -0.2) is 0 Å². The van der Waals surface area contributed by atoms with Gasteiger partial charge in [0.25, 0.3) is 0 Å².